The Morgan fingerprint density at radius 3 is 2.52 bits per heavy atom. The van der Waals surface area contributed by atoms with Crippen LogP contribution in [0, 0.1) is 13.8 Å². The fourth-order valence-corrected chi connectivity index (χ4v) is 4.05. The number of ether oxygens (including phenoxy) is 1. The summed E-state index contributed by atoms with van der Waals surface area (Å²) in [5.74, 6) is 0.726. The van der Waals surface area contributed by atoms with E-state index in [0.717, 1.165) is 35.1 Å². The topological polar surface area (TPSA) is 92.1 Å². The summed E-state index contributed by atoms with van der Waals surface area (Å²) in [6.07, 6.45) is 0.0530. The highest BCUT2D eigenvalue weighted by Gasteiger charge is 2.35. The number of amides is 3. The summed E-state index contributed by atoms with van der Waals surface area (Å²) in [6.45, 7) is 7.00. The predicted molar refractivity (Wildman–Crippen MR) is 113 cm³/mol. The lowest BCUT2D eigenvalue weighted by Crippen LogP contribution is -2.44. The molecule has 4 rings (SSSR count). The maximum atomic E-state index is 12.6. The van der Waals surface area contributed by atoms with Gasteiger partial charge < -0.3 is 14.5 Å². The molecule has 8 nitrogen and oxygen atoms in total. The number of carbonyl (C=O) groups excluding carboxylic acids is 3. The van der Waals surface area contributed by atoms with E-state index in [9.17, 15) is 14.4 Å². The lowest BCUT2D eigenvalue weighted by Gasteiger charge is -2.33. The number of hydrogen-bond donors (Lipinski definition) is 1. The Morgan fingerprint density at radius 1 is 1.06 bits per heavy atom. The van der Waals surface area contributed by atoms with E-state index >= 15 is 0 Å². The minimum absolute atomic E-state index is 0.0530. The second kappa shape index (κ2) is 9.03. The van der Waals surface area contributed by atoms with Crippen molar-refractivity contribution in [2.45, 2.75) is 26.3 Å². The number of rotatable bonds is 7. The number of aryl methyl sites for hydroxylation is 2. The van der Waals surface area contributed by atoms with Gasteiger partial charge in [0.15, 0.2) is 0 Å². The maximum absolute atomic E-state index is 12.6. The molecule has 1 atom stereocenters. The third-order valence-electron chi connectivity index (χ3n) is 5.76. The van der Waals surface area contributed by atoms with Crippen molar-refractivity contribution in [3.8, 4) is 0 Å². The molecular formula is C23H27N3O5. The molecule has 2 aliphatic rings. The highest BCUT2D eigenvalue weighted by Crippen LogP contribution is 2.25. The first-order chi connectivity index (χ1) is 14.9. The Bertz CT molecular complexity index is 993. The fourth-order valence-electron chi connectivity index (χ4n) is 4.05. The van der Waals surface area contributed by atoms with Crippen molar-refractivity contribution in [1.82, 2.24) is 15.1 Å². The normalized spacial score (nSPS) is 17.7. The number of carbonyl (C=O) groups is 3. The van der Waals surface area contributed by atoms with Crippen molar-refractivity contribution in [3.05, 3.63) is 58.5 Å². The molecule has 0 radical (unpaired) electrons. The smallest absolute Gasteiger partial charge is 0.261 e. The molecule has 8 heteroatoms. The van der Waals surface area contributed by atoms with E-state index in [0.29, 0.717) is 30.9 Å². The third kappa shape index (κ3) is 4.55. The lowest BCUT2D eigenvalue weighted by atomic mass is 10.1. The summed E-state index contributed by atoms with van der Waals surface area (Å²) in [6, 6.07) is 8.94. The Morgan fingerprint density at radius 2 is 1.81 bits per heavy atom. The molecule has 3 amide bonds. The van der Waals surface area contributed by atoms with Gasteiger partial charge in [-0.25, -0.2) is 0 Å². The summed E-state index contributed by atoms with van der Waals surface area (Å²) in [5.41, 5.74) is 1.73. The molecule has 0 aliphatic carbocycles. The van der Waals surface area contributed by atoms with E-state index in [-0.39, 0.29) is 36.7 Å². The lowest BCUT2D eigenvalue weighted by molar-refractivity contribution is -0.121. The van der Waals surface area contributed by atoms with Crippen LogP contribution in [0.2, 0.25) is 0 Å². The fraction of sp³-hybridized carbons (Fsp3) is 0.435. The first-order valence-electron chi connectivity index (χ1n) is 10.6. The standard InChI is InChI=1S/C23H27N3O5/c1-15-3-5-17-18(13-15)23(29)26(22(17)28)8-7-21(27)24-14-19(20-6-4-16(2)31-20)25-9-11-30-12-10-25/h3-6,13,19H,7-12,14H2,1-2H3,(H,24,27). The summed E-state index contributed by atoms with van der Waals surface area (Å²) in [5, 5.41) is 2.94. The van der Waals surface area contributed by atoms with E-state index < -0.39 is 0 Å². The van der Waals surface area contributed by atoms with Crippen LogP contribution in [0.3, 0.4) is 0 Å². The van der Waals surface area contributed by atoms with Crippen LogP contribution in [0.1, 0.15) is 50.3 Å². The van der Waals surface area contributed by atoms with Gasteiger partial charge in [-0.05, 0) is 38.1 Å². The molecule has 1 fully saturated rings. The number of furan rings is 1. The first kappa shape index (κ1) is 21.3. The number of hydrogen-bond acceptors (Lipinski definition) is 6. The van der Waals surface area contributed by atoms with Crippen molar-refractivity contribution in [2.24, 2.45) is 0 Å². The summed E-state index contributed by atoms with van der Waals surface area (Å²) in [7, 11) is 0. The molecule has 1 unspecified atom stereocenters. The molecule has 0 spiro atoms. The van der Waals surface area contributed by atoms with Gasteiger partial charge in [-0.2, -0.15) is 0 Å². The van der Waals surface area contributed by atoms with Crippen molar-refractivity contribution in [1.29, 1.82) is 0 Å². The van der Waals surface area contributed by atoms with Crippen LogP contribution >= 0.6 is 0 Å². The minimum atomic E-state index is -0.343. The van der Waals surface area contributed by atoms with Gasteiger partial charge in [-0.1, -0.05) is 11.6 Å². The van der Waals surface area contributed by atoms with Crippen molar-refractivity contribution in [3.63, 3.8) is 0 Å². The second-order valence-corrected chi connectivity index (χ2v) is 7.98. The minimum Gasteiger partial charge on any atom is -0.465 e. The van der Waals surface area contributed by atoms with Crippen molar-refractivity contribution >= 4 is 17.7 Å². The van der Waals surface area contributed by atoms with Crippen LogP contribution in [-0.4, -0.2) is 66.9 Å². The summed E-state index contributed by atoms with van der Waals surface area (Å²) < 4.78 is 11.3. The highest BCUT2D eigenvalue weighted by molar-refractivity contribution is 6.21. The van der Waals surface area contributed by atoms with Crippen LogP contribution in [0.4, 0.5) is 0 Å². The van der Waals surface area contributed by atoms with Gasteiger partial charge >= 0.3 is 0 Å². The Balaban J connectivity index is 1.35. The zero-order valence-corrected chi connectivity index (χ0v) is 17.8. The van der Waals surface area contributed by atoms with Crippen molar-refractivity contribution in [2.75, 3.05) is 39.4 Å². The number of nitrogens with one attached hydrogen (secondary N) is 1. The predicted octanol–water partition coefficient (Wildman–Crippen LogP) is 2.07. The average Bonchev–Trinajstić information content (AvgIpc) is 3.29. The molecule has 1 N–H and O–H groups in total. The summed E-state index contributed by atoms with van der Waals surface area (Å²) >= 11 is 0. The van der Waals surface area contributed by atoms with Gasteiger partial charge in [-0.15, -0.1) is 0 Å². The molecule has 0 saturated carbocycles. The van der Waals surface area contributed by atoms with E-state index in [1.54, 1.807) is 12.1 Å². The van der Waals surface area contributed by atoms with Crippen LogP contribution in [0.15, 0.2) is 34.7 Å². The molecule has 3 heterocycles. The number of imide groups is 1. The Hall–Kier alpha value is -2.97. The summed E-state index contributed by atoms with van der Waals surface area (Å²) in [4.78, 5) is 41.0. The molecule has 1 aromatic carbocycles. The SMILES string of the molecule is Cc1ccc2c(c1)C(=O)N(CCC(=O)NCC(c1ccc(C)o1)N1CCOCC1)C2=O. The second-order valence-electron chi connectivity index (χ2n) is 7.98. The van der Waals surface area contributed by atoms with E-state index in [2.05, 4.69) is 10.2 Å². The number of nitrogens with zero attached hydrogens (tertiary/aromatic N) is 2. The quantitative estimate of drug-likeness (QED) is 0.683. The average molecular weight is 425 g/mol. The van der Waals surface area contributed by atoms with Gasteiger partial charge in [-0.3, -0.25) is 24.2 Å². The van der Waals surface area contributed by atoms with Gasteiger partial charge in [0, 0.05) is 32.6 Å². The molecule has 1 saturated heterocycles. The van der Waals surface area contributed by atoms with Crippen LogP contribution < -0.4 is 5.32 Å². The molecular weight excluding hydrogens is 398 g/mol. The maximum Gasteiger partial charge on any atom is 0.261 e. The monoisotopic (exact) mass is 425 g/mol. The molecule has 0 bridgehead atoms. The van der Waals surface area contributed by atoms with Crippen molar-refractivity contribution < 1.29 is 23.5 Å². The van der Waals surface area contributed by atoms with Gasteiger partial charge in [0.05, 0.1) is 30.4 Å². The molecule has 2 aromatic rings. The Kier molecular flexibility index (Phi) is 6.20. The van der Waals surface area contributed by atoms with Gasteiger partial charge in [0.1, 0.15) is 11.5 Å². The van der Waals surface area contributed by atoms with Crippen LogP contribution in [-0.2, 0) is 9.53 Å². The number of fused-ring (bicyclic) bond motifs is 1. The molecule has 164 valence electrons. The van der Waals surface area contributed by atoms with Crippen LogP contribution in [0.5, 0.6) is 0 Å². The third-order valence-corrected chi connectivity index (χ3v) is 5.76. The number of benzene rings is 1. The molecule has 2 aliphatic heterocycles. The van der Waals surface area contributed by atoms with E-state index in [1.165, 1.54) is 0 Å². The molecule has 1 aromatic heterocycles. The largest absolute Gasteiger partial charge is 0.465 e. The zero-order valence-electron chi connectivity index (χ0n) is 17.8. The van der Waals surface area contributed by atoms with E-state index in [1.807, 2.05) is 32.0 Å². The molecule has 31 heavy (non-hydrogen) atoms. The van der Waals surface area contributed by atoms with Gasteiger partial charge in [0.25, 0.3) is 11.8 Å². The zero-order chi connectivity index (χ0) is 22.0. The van der Waals surface area contributed by atoms with E-state index in [4.69, 9.17) is 9.15 Å². The Labute approximate surface area is 181 Å². The highest BCUT2D eigenvalue weighted by atomic mass is 16.5. The number of morpholine rings is 1. The van der Waals surface area contributed by atoms with Gasteiger partial charge in [0.2, 0.25) is 5.91 Å². The van der Waals surface area contributed by atoms with Crippen LogP contribution in [0.25, 0.3) is 0 Å². The first-order valence-corrected chi connectivity index (χ1v) is 10.6.